The second kappa shape index (κ2) is 3.67. The molecular weight excluding hydrogens is 190 g/mol. The van der Waals surface area contributed by atoms with Crippen molar-refractivity contribution in [1.82, 2.24) is 15.1 Å². The van der Waals surface area contributed by atoms with Crippen LogP contribution in [0.4, 0.5) is 4.79 Å². The van der Waals surface area contributed by atoms with Crippen LogP contribution in [0, 0.1) is 5.92 Å². The van der Waals surface area contributed by atoms with E-state index in [0.29, 0.717) is 6.04 Å². The lowest BCUT2D eigenvalue weighted by Gasteiger charge is -2.49. The maximum Gasteiger partial charge on any atom is 0.317 e. The normalized spacial score (nSPS) is 40.4. The number of nitrogens with zero attached hydrogens (tertiary/aromatic N) is 2. The van der Waals surface area contributed by atoms with Gasteiger partial charge in [-0.2, -0.15) is 0 Å². The summed E-state index contributed by atoms with van der Waals surface area (Å²) in [7, 11) is 0. The molecule has 2 bridgehead atoms. The largest absolute Gasteiger partial charge is 0.338 e. The molecule has 4 saturated heterocycles. The summed E-state index contributed by atoms with van der Waals surface area (Å²) in [6.45, 7) is 5.42. The van der Waals surface area contributed by atoms with Crippen molar-refractivity contribution in [3.63, 3.8) is 0 Å². The Bertz CT molecular complexity index is 261. The van der Waals surface area contributed by atoms with E-state index < -0.39 is 0 Å². The van der Waals surface area contributed by atoms with Crippen LogP contribution in [-0.2, 0) is 0 Å². The highest BCUT2D eigenvalue weighted by Crippen LogP contribution is 2.31. The van der Waals surface area contributed by atoms with Crippen LogP contribution in [-0.4, -0.2) is 54.6 Å². The standard InChI is InChI=1S/C11H19N3O/c15-11-12-4-1-5-14(11)10-8-13-6-2-9(10)3-7-13/h9-10H,1-8H2,(H,12,15). The van der Waals surface area contributed by atoms with E-state index in [1.807, 2.05) is 0 Å². The van der Waals surface area contributed by atoms with Gasteiger partial charge in [-0.05, 0) is 38.3 Å². The van der Waals surface area contributed by atoms with E-state index in [0.717, 1.165) is 32.0 Å². The number of carbonyl (C=O) groups is 1. The number of carbonyl (C=O) groups excluding carboxylic acids is 1. The molecule has 0 saturated carbocycles. The average Bonchev–Trinajstić information content (AvgIpc) is 2.31. The zero-order valence-corrected chi connectivity index (χ0v) is 9.11. The molecule has 1 unspecified atom stereocenters. The molecule has 4 fully saturated rings. The lowest BCUT2D eigenvalue weighted by atomic mass is 9.83. The predicted molar refractivity (Wildman–Crippen MR) is 57.7 cm³/mol. The molecule has 0 aromatic rings. The maximum absolute atomic E-state index is 11.8. The van der Waals surface area contributed by atoms with Crippen LogP contribution in [0.3, 0.4) is 0 Å². The van der Waals surface area contributed by atoms with E-state index in [2.05, 4.69) is 15.1 Å². The Morgan fingerprint density at radius 2 is 2.00 bits per heavy atom. The van der Waals surface area contributed by atoms with Gasteiger partial charge in [-0.25, -0.2) is 4.79 Å². The van der Waals surface area contributed by atoms with Gasteiger partial charge in [0.1, 0.15) is 0 Å². The van der Waals surface area contributed by atoms with E-state index in [-0.39, 0.29) is 6.03 Å². The summed E-state index contributed by atoms with van der Waals surface area (Å²) < 4.78 is 0. The van der Waals surface area contributed by atoms with Gasteiger partial charge in [0.25, 0.3) is 0 Å². The number of urea groups is 1. The number of amides is 2. The van der Waals surface area contributed by atoms with Gasteiger partial charge >= 0.3 is 6.03 Å². The third kappa shape index (κ3) is 1.61. The van der Waals surface area contributed by atoms with Crippen molar-refractivity contribution in [2.75, 3.05) is 32.7 Å². The molecule has 0 spiro atoms. The monoisotopic (exact) mass is 209 g/mol. The van der Waals surface area contributed by atoms with Crippen LogP contribution in [0.1, 0.15) is 19.3 Å². The number of fused-ring (bicyclic) bond motifs is 3. The summed E-state index contributed by atoms with van der Waals surface area (Å²) in [5.74, 6) is 0.763. The Hall–Kier alpha value is -0.770. The quantitative estimate of drug-likeness (QED) is 0.682. The zero-order valence-electron chi connectivity index (χ0n) is 9.11. The predicted octanol–water partition coefficient (Wildman–Crippen LogP) is 0.496. The van der Waals surface area contributed by atoms with Crippen LogP contribution < -0.4 is 5.32 Å². The van der Waals surface area contributed by atoms with Crippen molar-refractivity contribution in [3.8, 4) is 0 Å². The minimum Gasteiger partial charge on any atom is -0.338 e. The summed E-state index contributed by atoms with van der Waals surface area (Å²) in [5, 5.41) is 2.96. The Balaban J connectivity index is 1.73. The lowest BCUT2D eigenvalue weighted by Crippen LogP contribution is -2.62. The molecule has 0 radical (unpaired) electrons. The van der Waals surface area contributed by atoms with Gasteiger partial charge in [0.05, 0.1) is 0 Å². The van der Waals surface area contributed by atoms with E-state index in [1.165, 1.54) is 25.9 Å². The number of rotatable bonds is 1. The van der Waals surface area contributed by atoms with Gasteiger partial charge in [0, 0.05) is 25.7 Å². The highest BCUT2D eigenvalue weighted by atomic mass is 16.2. The number of hydrogen-bond acceptors (Lipinski definition) is 2. The molecule has 4 heterocycles. The van der Waals surface area contributed by atoms with Crippen LogP contribution in [0.15, 0.2) is 0 Å². The summed E-state index contributed by atoms with van der Waals surface area (Å²) in [6, 6.07) is 0.660. The molecule has 1 N–H and O–H groups in total. The van der Waals surface area contributed by atoms with Gasteiger partial charge in [-0.1, -0.05) is 0 Å². The van der Waals surface area contributed by atoms with Gasteiger partial charge in [-0.3, -0.25) is 0 Å². The molecule has 4 nitrogen and oxygen atoms in total. The topological polar surface area (TPSA) is 35.6 Å². The molecule has 15 heavy (non-hydrogen) atoms. The summed E-state index contributed by atoms with van der Waals surface area (Å²) in [4.78, 5) is 16.4. The van der Waals surface area contributed by atoms with E-state index in [9.17, 15) is 4.79 Å². The minimum atomic E-state index is 0.167. The van der Waals surface area contributed by atoms with Crippen molar-refractivity contribution in [3.05, 3.63) is 0 Å². The van der Waals surface area contributed by atoms with Gasteiger partial charge in [0.15, 0.2) is 0 Å². The smallest absolute Gasteiger partial charge is 0.317 e. The third-order valence-corrected chi connectivity index (χ3v) is 4.13. The van der Waals surface area contributed by atoms with Crippen LogP contribution in [0.5, 0.6) is 0 Å². The molecule has 4 rings (SSSR count). The van der Waals surface area contributed by atoms with Crippen LogP contribution in [0.25, 0.3) is 0 Å². The first-order chi connectivity index (χ1) is 7.34. The van der Waals surface area contributed by atoms with Gasteiger partial charge in [0.2, 0.25) is 0 Å². The summed E-state index contributed by atoms with van der Waals surface area (Å²) >= 11 is 0. The van der Waals surface area contributed by atoms with Crippen molar-refractivity contribution < 1.29 is 4.79 Å². The molecule has 4 heteroatoms. The van der Waals surface area contributed by atoms with Crippen molar-refractivity contribution in [1.29, 1.82) is 0 Å². The number of nitrogens with one attached hydrogen (secondary N) is 1. The summed E-state index contributed by atoms with van der Waals surface area (Å²) in [5.41, 5.74) is 0. The first-order valence-corrected chi connectivity index (χ1v) is 6.11. The lowest BCUT2D eigenvalue weighted by molar-refractivity contribution is 0.0180. The third-order valence-electron chi connectivity index (χ3n) is 4.13. The Kier molecular flexibility index (Phi) is 2.31. The molecule has 2 amide bonds. The summed E-state index contributed by atoms with van der Waals surface area (Å²) in [6.07, 6.45) is 3.68. The second-order valence-electron chi connectivity index (χ2n) is 4.98. The van der Waals surface area contributed by atoms with Crippen LogP contribution in [0.2, 0.25) is 0 Å². The fourth-order valence-electron chi connectivity index (χ4n) is 3.25. The SMILES string of the molecule is O=C1NCCCN1C1CN2CCC1CC2. The molecule has 0 aliphatic carbocycles. The molecule has 84 valence electrons. The molecule has 0 aromatic carbocycles. The Morgan fingerprint density at radius 1 is 1.20 bits per heavy atom. The molecular formula is C11H19N3O. The molecule has 4 aliphatic rings. The van der Waals surface area contributed by atoms with Crippen molar-refractivity contribution in [2.24, 2.45) is 5.92 Å². The molecule has 0 aromatic heterocycles. The van der Waals surface area contributed by atoms with Crippen LogP contribution >= 0.6 is 0 Å². The average molecular weight is 209 g/mol. The fourth-order valence-corrected chi connectivity index (χ4v) is 3.25. The molecule has 4 aliphatic heterocycles. The zero-order chi connectivity index (χ0) is 10.3. The Morgan fingerprint density at radius 3 is 2.60 bits per heavy atom. The number of piperidine rings is 3. The first-order valence-electron chi connectivity index (χ1n) is 6.11. The number of hydrogen-bond donors (Lipinski definition) is 1. The Labute approximate surface area is 90.6 Å². The van der Waals surface area contributed by atoms with Gasteiger partial charge in [-0.15, -0.1) is 0 Å². The maximum atomic E-state index is 11.8. The second-order valence-corrected chi connectivity index (χ2v) is 4.98. The van der Waals surface area contributed by atoms with Crippen molar-refractivity contribution >= 4 is 6.03 Å². The fraction of sp³-hybridized carbons (Fsp3) is 0.909. The highest BCUT2D eigenvalue weighted by molar-refractivity contribution is 5.75. The van der Waals surface area contributed by atoms with Crippen molar-refractivity contribution in [2.45, 2.75) is 25.3 Å². The van der Waals surface area contributed by atoms with E-state index in [4.69, 9.17) is 0 Å². The van der Waals surface area contributed by atoms with Gasteiger partial charge < -0.3 is 15.1 Å². The minimum absolute atomic E-state index is 0.167. The van der Waals surface area contributed by atoms with E-state index >= 15 is 0 Å². The van der Waals surface area contributed by atoms with E-state index in [1.54, 1.807) is 0 Å². The highest BCUT2D eigenvalue weighted by Gasteiger charge is 2.39. The first kappa shape index (κ1) is 9.46. The molecule has 1 atom stereocenters.